The van der Waals surface area contributed by atoms with Crippen molar-refractivity contribution in [1.29, 1.82) is 0 Å². The van der Waals surface area contributed by atoms with Crippen LogP contribution < -0.4 is 5.32 Å². The molecule has 0 amide bonds. The zero-order valence-corrected chi connectivity index (χ0v) is 9.02. The highest BCUT2D eigenvalue weighted by atomic mass is 16.3. The summed E-state index contributed by atoms with van der Waals surface area (Å²) in [4.78, 5) is 3.99. The van der Waals surface area contributed by atoms with Crippen LogP contribution in [0.2, 0.25) is 0 Å². The smallest absolute Gasteiger partial charge is 0.0945 e. The summed E-state index contributed by atoms with van der Waals surface area (Å²) in [5.41, 5.74) is 0.231. The molecule has 1 saturated carbocycles. The van der Waals surface area contributed by atoms with E-state index >= 15 is 0 Å². The van der Waals surface area contributed by atoms with E-state index in [2.05, 4.69) is 14.9 Å². The molecule has 0 unspecified atom stereocenters. The molecular weight excluding hydrogens is 190 g/mol. The molecular formula is C11H19N3O. The van der Waals surface area contributed by atoms with E-state index in [-0.39, 0.29) is 5.41 Å². The van der Waals surface area contributed by atoms with Crippen LogP contribution >= 0.6 is 0 Å². The molecule has 1 fully saturated rings. The number of aliphatic hydroxyl groups excluding tert-OH is 1. The van der Waals surface area contributed by atoms with Crippen molar-refractivity contribution in [2.75, 3.05) is 19.7 Å². The topological polar surface area (TPSA) is 50.1 Å². The zero-order valence-electron chi connectivity index (χ0n) is 9.02. The second kappa shape index (κ2) is 4.77. The van der Waals surface area contributed by atoms with E-state index in [1.807, 2.05) is 12.5 Å². The Hall–Kier alpha value is -0.870. The number of rotatable bonds is 7. The first-order valence-electron chi connectivity index (χ1n) is 5.62. The van der Waals surface area contributed by atoms with E-state index in [1.54, 1.807) is 6.20 Å². The van der Waals surface area contributed by atoms with Crippen LogP contribution in [0.4, 0.5) is 0 Å². The maximum atomic E-state index is 9.11. The molecule has 0 aromatic carbocycles. The van der Waals surface area contributed by atoms with Gasteiger partial charge in [-0.25, -0.2) is 4.98 Å². The molecule has 0 atom stereocenters. The van der Waals surface area contributed by atoms with Crippen LogP contribution in [0.3, 0.4) is 0 Å². The summed E-state index contributed by atoms with van der Waals surface area (Å²) < 4.78 is 2.08. The molecule has 2 rings (SSSR count). The van der Waals surface area contributed by atoms with Gasteiger partial charge < -0.3 is 15.0 Å². The van der Waals surface area contributed by atoms with Crippen molar-refractivity contribution < 1.29 is 5.11 Å². The van der Waals surface area contributed by atoms with Crippen LogP contribution in [0.25, 0.3) is 0 Å². The number of imidazole rings is 1. The minimum absolute atomic E-state index is 0.231. The quantitative estimate of drug-likeness (QED) is 0.648. The number of aryl methyl sites for hydroxylation is 1. The fourth-order valence-electron chi connectivity index (χ4n) is 1.73. The molecule has 0 bridgehead atoms. The van der Waals surface area contributed by atoms with Crippen LogP contribution in [-0.2, 0) is 6.54 Å². The van der Waals surface area contributed by atoms with Crippen LogP contribution in [0.1, 0.15) is 19.3 Å². The van der Waals surface area contributed by atoms with Crippen molar-refractivity contribution in [3.8, 4) is 0 Å². The Morgan fingerprint density at radius 3 is 2.93 bits per heavy atom. The first-order valence-corrected chi connectivity index (χ1v) is 5.62. The maximum absolute atomic E-state index is 9.11. The molecule has 1 aromatic rings. The van der Waals surface area contributed by atoms with Crippen molar-refractivity contribution >= 4 is 0 Å². The molecule has 4 heteroatoms. The van der Waals surface area contributed by atoms with Crippen molar-refractivity contribution in [3.63, 3.8) is 0 Å². The van der Waals surface area contributed by atoms with Gasteiger partial charge in [-0.2, -0.15) is 0 Å². The van der Waals surface area contributed by atoms with Crippen LogP contribution in [0.5, 0.6) is 0 Å². The van der Waals surface area contributed by atoms with Gasteiger partial charge in [0, 0.05) is 37.5 Å². The van der Waals surface area contributed by atoms with Crippen molar-refractivity contribution in [3.05, 3.63) is 18.7 Å². The predicted octanol–water partition coefficient (Wildman–Crippen LogP) is 0.635. The Kier molecular flexibility index (Phi) is 3.38. The highest BCUT2D eigenvalue weighted by Crippen LogP contribution is 2.44. The van der Waals surface area contributed by atoms with Gasteiger partial charge in [0.05, 0.1) is 6.33 Å². The summed E-state index contributed by atoms with van der Waals surface area (Å²) in [5.74, 6) is 0. The largest absolute Gasteiger partial charge is 0.396 e. The summed E-state index contributed by atoms with van der Waals surface area (Å²) in [6, 6.07) is 0. The Morgan fingerprint density at radius 2 is 2.33 bits per heavy atom. The lowest BCUT2D eigenvalue weighted by molar-refractivity contribution is 0.208. The molecule has 2 N–H and O–H groups in total. The van der Waals surface area contributed by atoms with E-state index in [0.29, 0.717) is 6.61 Å². The van der Waals surface area contributed by atoms with Crippen LogP contribution in [0, 0.1) is 5.41 Å². The molecule has 1 aliphatic rings. The lowest BCUT2D eigenvalue weighted by Crippen LogP contribution is -2.27. The summed E-state index contributed by atoms with van der Waals surface area (Å²) in [6.07, 6.45) is 9.10. The van der Waals surface area contributed by atoms with Crippen molar-refractivity contribution in [2.24, 2.45) is 5.41 Å². The summed E-state index contributed by atoms with van der Waals surface area (Å²) >= 11 is 0. The number of nitrogens with zero attached hydrogens (tertiary/aromatic N) is 2. The van der Waals surface area contributed by atoms with E-state index in [0.717, 1.165) is 26.1 Å². The van der Waals surface area contributed by atoms with Gasteiger partial charge in [-0.1, -0.05) is 0 Å². The zero-order chi connectivity index (χ0) is 10.6. The van der Waals surface area contributed by atoms with Gasteiger partial charge in [-0.05, 0) is 25.8 Å². The van der Waals surface area contributed by atoms with Gasteiger partial charge >= 0.3 is 0 Å². The fraction of sp³-hybridized carbons (Fsp3) is 0.727. The van der Waals surface area contributed by atoms with Crippen LogP contribution in [-0.4, -0.2) is 34.4 Å². The predicted molar refractivity (Wildman–Crippen MR) is 58.5 cm³/mol. The SMILES string of the molecule is OCC1(CNCCCn2ccnc2)CC1. The number of hydrogen-bond acceptors (Lipinski definition) is 3. The monoisotopic (exact) mass is 209 g/mol. The normalized spacial score (nSPS) is 17.9. The number of aromatic nitrogens is 2. The molecule has 1 aliphatic carbocycles. The second-order valence-electron chi connectivity index (χ2n) is 4.49. The minimum atomic E-state index is 0.231. The van der Waals surface area contributed by atoms with E-state index in [1.165, 1.54) is 12.8 Å². The van der Waals surface area contributed by atoms with E-state index in [4.69, 9.17) is 5.11 Å². The first-order chi connectivity index (χ1) is 7.35. The molecule has 84 valence electrons. The maximum Gasteiger partial charge on any atom is 0.0945 e. The van der Waals surface area contributed by atoms with Gasteiger partial charge in [0.2, 0.25) is 0 Å². The van der Waals surface area contributed by atoms with E-state index in [9.17, 15) is 0 Å². The summed E-state index contributed by atoms with van der Waals surface area (Å²) in [7, 11) is 0. The van der Waals surface area contributed by atoms with Crippen molar-refractivity contribution in [2.45, 2.75) is 25.8 Å². The Morgan fingerprint density at radius 1 is 1.47 bits per heavy atom. The summed E-state index contributed by atoms with van der Waals surface area (Å²) in [6.45, 7) is 3.33. The Bertz CT molecular complexity index is 280. The molecule has 15 heavy (non-hydrogen) atoms. The van der Waals surface area contributed by atoms with Gasteiger partial charge in [-0.15, -0.1) is 0 Å². The Labute approximate surface area is 90.3 Å². The van der Waals surface area contributed by atoms with Gasteiger partial charge in [-0.3, -0.25) is 0 Å². The molecule has 1 heterocycles. The number of nitrogens with one attached hydrogen (secondary N) is 1. The van der Waals surface area contributed by atoms with Crippen molar-refractivity contribution in [1.82, 2.24) is 14.9 Å². The molecule has 1 aromatic heterocycles. The molecule has 0 spiro atoms. The average molecular weight is 209 g/mol. The number of hydrogen-bond donors (Lipinski definition) is 2. The van der Waals surface area contributed by atoms with Gasteiger partial charge in [0.25, 0.3) is 0 Å². The standard InChI is InChI=1S/C11H19N3O/c15-9-11(2-3-11)8-12-4-1-6-14-7-5-13-10-14/h5,7,10,12,15H,1-4,6,8-9H2. The Balaban J connectivity index is 1.52. The van der Waals surface area contributed by atoms with Gasteiger partial charge in [0.1, 0.15) is 0 Å². The van der Waals surface area contributed by atoms with E-state index < -0.39 is 0 Å². The highest BCUT2D eigenvalue weighted by molar-refractivity contribution is 4.94. The van der Waals surface area contributed by atoms with Crippen LogP contribution in [0.15, 0.2) is 18.7 Å². The third-order valence-corrected chi connectivity index (χ3v) is 3.12. The fourth-order valence-corrected chi connectivity index (χ4v) is 1.73. The number of aliphatic hydroxyl groups is 1. The molecule has 0 aliphatic heterocycles. The van der Waals surface area contributed by atoms with Gasteiger partial charge in [0.15, 0.2) is 0 Å². The summed E-state index contributed by atoms with van der Waals surface area (Å²) in [5, 5.41) is 12.5. The second-order valence-corrected chi connectivity index (χ2v) is 4.49. The molecule has 0 saturated heterocycles. The molecule has 0 radical (unpaired) electrons. The first kappa shape index (κ1) is 10.6. The highest BCUT2D eigenvalue weighted by Gasteiger charge is 2.41. The minimum Gasteiger partial charge on any atom is -0.396 e. The third kappa shape index (κ3) is 3.04. The lowest BCUT2D eigenvalue weighted by Gasteiger charge is -2.12. The average Bonchev–Trinajstić information content (AvgIpc) is 2.85. The third-order valence-electron chi connectivity index (χ3n) is 3.12. The molecule has 4 nitrogen and oxygen atoms in total. The lowest BCUT2D eigenvalue weighted by atomic mass is 10.1.